The van der Waals surface area contributed by atoms with Gasteiger partial charge < -0.3 is 16.4 Å². The van der Waals surface area contributed by atoms with Crippen LogP contribution in [0.3, 0.4) is 0 Å². The van der Waals surface area contributed by atoms with Gasteiger partial charge in [-0.2, -0.15) is 4.98 Å². The van der Waals surface area contributed by atoms with Crippen LogP contribution in [0, 0.1) is 0 Å². The molecule has 7 nitrogen and oxygen atoms in total. The van der Waals surface area contributed by atoms with E-state index in [1.807, 2.05) is 24.3 Å². The van der Waals surface area contributed by atoms with Gasteiger partial charge in [-0.1, -0.05) is 19.4 Å². The molecule has 0 bridgehead atoms. The minimum atomic E-state index is -0.185. The second-order valence-corrected chi connectivity index (χ2v) is 5.95. The highest BCUT2D eigenvalue weighted by Crippen LogP contribution is 2.22. The summed E-state index contributed by atoms with van der Waals surface area (Å²) in [4.78, 5) is 25.1. The van der Waals surface area contributed by atoms with Crippen molar-refractivity contribution >= 4 is 28.6 Å². The number of unbranched alkanes of at least 4 members (excludes halogenated alkanes) is 1. The summed E-state index contributed by atoms with van der Waals surface area (Å²) in [5.41, 5.74) is 7.78. The van der Waals surface area contributed by atoms with Gasteiger partial charge in [0.15, 0.2) is 0 Å². The number of hydrogen-bond donors (Lipinski definition) is 3. The minimum absolute atomic E-state index is 0.183. The molecule has 0 saturated heterocycles. The number of benzene rings is 1. The SMILES string of the molecule is CCCCNc1nc(N)nc2cc(C(=O)NCc3ccccn3)ccc12. The largest absolute Gasteiger partial charge is 0.369 e. The highest BCUT2D eigenvalue weighted by molar-refractivity contribution is 6.00. The molecule has 3 rings (SSSR count). The van der Waals surface area contributed by atoms with Crippen LogP contribution in [0.4, 0.5) is 11.8 Å². The Kier molecular flexibility index (Phi) is 5.58. The van der Waals surface area contributed by atoms with Crippen LogP contribution in [0.1, 0.15) is 35.8 Å². The van der Waals surface area contributed by atoms with Crippen molar-refractivity contribution in [2.45, 2.75) is 26.3 Å². The molecule has 2 aromatic heterocycles. The van der Waals surface area contributed by atoms with E-state index in [0.29, 0.717) is 23.4 Å². The Bertz CT molecular complexity index is 897. The van der Waals surface area contributed by atoms with Crippen molar-refractivity contribution in [3.63, 3.8) is 0 Å². The predicted molar refractivity (Wildman–Crippen MR) is 103 cm³/mol. The molecule has 0 spiro atoms. The predicted octanol–water partition coefficient (Wildman–Crippen LogP) is 2.75. The third-order valence-corrected chi connectivity index (χ3v) is 3.96. The number of nitrogens with one attached hydrogen (secondary N) is 2. The maximum Gasteiger partial charge on any atom is 0.251 e. The Morgan fingerprint density at radius 1 is 1.19 bits per heavy atom. The molecule has 0 saturated carbocycles. The Balaban J connectivity index is 1.78. The lowest BCUT2D eigenvalue weighted by atomic mass is 10.1. The first kappa shape index (κ1) is 17.6. The Morgan fingerprint density at radius 2 is 2.08 bits per heavy atom. The van der Waals surface area contributed by atoms with Crippen LogP contribution in [-0.4, -0.2) is 27.4 Å². The third kappa shape index (κ3) is 4.24. The lowest BCUT2D eigenvalue weighted by Gasteiger charge is -2.10. The lowest BCUT2D eigenvalue weighted by Crippen LogP contribution is -2.23. The van der Waals surface area contributed by atoms with Gasteiger partial charge >= 0.3 is 0 Å². The molecule has 0 aliphatic carbocycles. The molecule has 0 aliphatic heterocycles. The van der Waals surface area contributed by atoms with E-state index in [9.17, 15) is 4.79 Å². The number of rotatable bonds is 7. The van der Waals surface area contributed by atoms with Crippen molar-refractivity contribution in [3.8, 4) is 0 Å². The molecule has 26 heavy (non-hydrogen) atoms. The van der Waals surface area contributed by atoms with Crippen LogP contribution < -0.4 is 16.4 Å². The molecule has 134 valence electrons. The molecule has 4 N–H and O–H groups in total. The quantitative estimate of drug-likeness (QED) is 0.566. The number of hydrogen-bond acceptors (Lipinski definition) is 6. The summed E-state index contributed by atoms with van der Waals surface area (Å²) in [5, 5.41) is 6.99. The normalized spacial score (nSPS) is 10.7. The molecule has 3 aromatic rings. The summed E-state index contributed by atoms with van der Waals surface area (Å²) in [7, 11) is 0. The lowest BCUT2D eigenvalue weighted by molar-refractivity contribution is 0.0950. The van der Waals surface area contributed by atoms with Gasteiger partial charge in [-0.25, -0.2) is 4.98 Å². The van der Waals surface area contributed by atoms with E-state index in [1.165, 1.54) is 0 Å². The summed E-state index contributed by atoms with van der Waals surface area (Å²) in [6, 6.07) is 10.9. The highest BCUT2D eigenvalue weighted by atomic mass is 16.1. The van der Waals surface area contributed by atoms with Gasteiger partial charge in [0.05, 0.1) is 17.8 Å². The van der Waals surface area contributed by atoms with E-state index >= 15 is 0 Å². The fraction of sp³-hybridized carbons (Fsp3) is 0.263. The van der Waals surface area contributed by atoms with Crippen LogP contribution >= 0.6 is 0 Å². The first-order chi connectivity index (χ1) is 12.7. The first-order valence-electron chi connectivity index (χ1n) is 8.66. The van der Waals surface area contributed by atoms with Gasteiger partial charge in [-0.05, 0) is 36.8 Å². The van der Waals surface area contributed by atoms with Crippen LogP contribution in [-0.2, 0) is 6.54 Å². The molecule has 7 heteroatoms. The van der Waals surface area contributed by atoms with Gasteiger partial charge in [0.2, 0.25) is 5.95 Å². The van der Waals surface area contributed by atoms with Gasteiger partial charge in [0.1, 0.15) is 5.82 Å². The third-order valence-electron chi connectivity index (χ3n) is 3.96. The van der Waals surface area contributed by atoms with E-state index in [2.05, 4.69) is 32.5 Å². The number of pyridine rings is 1. The Labute approximate surface area is 152 Å². The van der Waals surface area contributed by atoms with Crippen LogP contribution in [0.2, 0.25) is 0 Å². The molecule has 0 unspecified atom stereocenters. The van der Waals surface area contributed by atoms with Crippen LogP contribution in [0.5, 0.6) is 0 Å². The number of nitrogen functional groups attached to an aromatic ring is 1. The fourth-order valence-electron chi connectivity index (χ4n) is 2.58. The van der Waals surface area contributed by atoms with Gasteiger partial charge in [0.25, 0.3) is 5.91 Å². The molecule has 0 aliphatic rings. The topological polar surface area (TPSA) is 106 Å². The molecule has 2 heterocycles. The van der Waals surface area contributed by atoms with E-state index in [4.69, 9.17) is 5.73 Å². The minimum Gasteiger partial charge on any atom is -0.369 e. The molecule has 0 radical (unpaired) electrons. The zero-order valence-electron chi connectivity index (χ0n) is 14.7. The molecular formula is C19H22N6O. The molecule has 1 amide bonds. The zero-order chi connectivity index (χ0) is 18.4. The smallest absolute Gasteiger partial charge is 0.251 e. The second kappa shape index (κ2) is 8.24. The van der Waals surface area contributed by atoms with Gasteiger partial charge in [-0.15, -0.1) is 0 Å². The zero-order valence-corrected chi connectivity index (χ0v) is 14.7. The summed E-state index contributed by atoms with van der Waals surface area (Å²) in [6.07, 6.45) is 3.83. The molecule has 1 aromatic carbocycles. The fourth-order valence-corrected chi connectivity index (χ4v) is 2.58. The number of amides is 1. The summed E-state index contributed by atoms with van der Waals surface area (Å²) in [6.45, 7) is 3.31. The molecule has 0 fully saturated rings. The highest BCUT2D eigenvalue weighted by Gasteiger charge is 2.11. The van der Waals surface area contributed by atoms with Crippen molar-refractivity contribution in [1.82, 2.24) is 20.3 Å². The standard InChI is InChI=1S/C19H22N6O/c1-2-3-9-22-17-15-8-7-13(11-16(15)24-19(20)25-17)18(26)23-12-14-6-4-5-10-21-14/h4-8,10-11H,2-3,9,12H2,1H3,(H,23,26)(H3,20,22,24,25). The van der Waals surface area contributed by atoms with Crippen LogP contribution in [0.15, 0.2) is 42.6 Å². The van der Waals surface area contributed by atoms with E-state index in [1.54, 1.807) is 18.3 Å². The average molecular weight is 350 g/mol. The summed E-state index contributed by atoms with van der Waals surface area (Å²) in [5.74, 6) is 0.694. The molecular weight excluding hydrogens is 328 g/mol. The van der Waals surface area contributed by atoms with E-state index in [-0.39, 0.29) is 11.9 Å². The average Bonchev–Trinajstić information content (AvgIpc) is 2.66. The van der Waals surface area contributed by atoms with Crippen molar-refractivity contribution in [3.05, 3.63) is 53.9 Å². The Morgan fingerprint density at radius 3 is 2.85 bits per heavy atom. The number of anilines is 2. The first-order valence-corrected chi connectivity index (χ1v) is 8.66. The van der Waals surface area contributed by atoms with Crippen LogP contribution in [0.25, 0.3) is 10.9 Å². The number of nitrogens with two attached hydrogens (primary N) is 1. The molecule has 0 atom stereocenters. The van der Waals surface area contributed by atoms with Gasteiger partial charge in [0, 0.05) is 23.7 Å². The van der Waals surface area contributed by atoms with Gasteiger partial charge in [-0.3, -0.25) is 9.78 Å². The van der Waals surface area contributed by atoms with Crippen molar-refractivity contribution in [1.29, 1.82) is 0 Å². The monoisotopic (exact) mass is 350 g/mol. The summed E-state index contributed by atoms with van der Waals surface area (Å²) < 4.78 is 0. The van der Waals surface area contributed by atoms with Crippen molar-refractivity contribution < 1.29 is 4.79 Å². The number of aromatic nitrogens is 3. The maximum atomic E-state index is 12.4. The number of carbonyl (C=O) groups excluding carboxylic acids is 1. The van der Waals surface area contributed by atoms with E-state index in [0.717, 1.165) is 30.5 Å². The Hall–Kier alpha value is -3.22. The maximum absolute atomic E-state index is 12.4. The number of carbonyl (C=O) groups is 1. The summed E-state index contributed by atoms with van der Waals surface area (Å²) >= 11 is 0. The van der Waals surface area contributed by atoms with Crippen molar-refractivity contribution in [2.75, 3.05) is 17.6 Å². The van der Waals surface area contributed by atoms with E-state index < -0.39 is 0 Å². The number of fused-ring (bicyclic) bond motifs is 1. The number of nitrogens with zero attached hydrogens (tertiary/aromatic N) is 3. The second-order valence-electron chi connectivity index (χ2n) is 5.95. The van der Waals surface area contributed by atoms with Crippen molar-refractivity contribution in [2.24, 2.45) is 0 Å².